The van der Waals surface area contributed by atoms with E-state index in [1.54, 1.807) is 6.92 Å². The van der Waals surface area contributed by atoms with Crippen LogP contribution in [0.25, 0.3) is 0 Å². The first-order valence-electron chi connectivity index (χ1n) is 7.86. The highest BCUT2D eigenvalue weighted by molar-refractivity contribution is 7.89. The monoisotopic (exact) mass is 338 g/mol. The van der Waals surface area contributed by atoms with Gasteiger partial charge in [-0.1, -0.05) is 18.2 Å². The lowest BCUT2D eigenvalue weighted by Gasteiger charge is -2.36. The van der Waals surface area contributed by atoms with Gasteiger partial charge in [0, 0.05) is 30.8 Å². The molecule has 1 unspecified atom stereocenters. The molecular formula is C16H22N2O4S. The number of benzene rings is 1. The Bertz CT molecular complexity index is 671. The van der Waals surface area contributed by atoms with Gasteiger partial charge in [0.15, 0.2) is 0 Å². The number of rotatable bonds is 5. The molecule has 1 aliphatic carbocycles. The lowest BCUT2D eigenvalue weighted by Crippen LogP contribution is -2.51. The van der Waals surface area contributed by atoms with Crippen molar-refractivity contribution < 1.29 is 17.9 Å². The van der Waals surface area contributed by atoms with E-state index in [1.165, 1.54) is 0 Å². The van der Waals surface area contributed by atoms with Gasteiger partial charge in [-0.3, -0.25) is 4.79 Å². The molecule has 1 aromatic rings. The van der Waals surface area contributed by atoms with E-state index in [1.807, 2.05) is 30.3 Å². The summed E-state index contributed by atoms with van der Waals surface area (Å²) in [5.74, 6) is 0.822. The van der Waals surface area contributed by atoms with Crippen molar-refractivity contribution in [1.82, 2.24) is 10.0 Å². The quantitative estimate of drug-likeness (QED) is 0.844. The Kier molecular flexibility index (Phi) is 4.33. The molecule has 126 valence electrons. The fraction of sp³-hybridized carbons (Fsp3) is 0.562. The molecule has 0 radical (unpaired) electrons. The van der Waals surface area contributed by atoms with Gasteiger partial charge in [-0.15, -0.1) is 0 Å². The molecule has 1 amide bonds. The number of ether oxygens (including phenoxy) is 1. The Hall–Kier alpha value is -1.60. The molecule has 7 heteroatoms. The van der Waals surface area contributed by atoms with Crippen LogP contribution in [0.15, 0.2) is 30.3 Å². The van der Waals surface area contributed by atoms with Gasteiger partial charge in [-0.2, -0.15) is 0 Å². The lowest BCUT2D eigenvalue weighted by molar-refractivity contribution is -0.124. The maximum Gasteiger partial charge on any atom is 0.222 e. The van der Waals surface area contributed by atoms with Gasteiger partial charge in [0.25, 0.3) is 0 Å². The van der Waals surface area contributed by atoms with Crippen LogP contribution in [0, 0.1) is 0 Å². The summed E-state index contributed by atoms with van der Waals surface area (Å²) < 4.78 is 31.3. The number of para-hydroxylation sites is 1. The van der Waals surface area contributed by atoms with E-state index in [0.29, 0.717) is 6.42 Å². The number of hydrogen-bond donors (Lipinski definition) is 2. The summed E-state index contributed by atoms with van der Waals surface area (Å²) in [5, 5.41) is 2.96. The molecule has 2 aliphatic rings. The summed E-state index contributed by atoms with van der Waals surface area (Å²) in [4.78, 5) is 12.1. The summed E-state index contributed by atoms with van der Waals surface area (Å²) >= 11 is 0. The molecule has 1 atom stereocenters. The predicted octanol–water partition coefficient (Wildman–Crippen LogP) is 1.18. The van der Waals surface area contributed by atoms with Gasteiger partial charge in [-0.25, -0.2) is 13.1 Å². The molecule has 2 N–H and O–H groups in total. The topological polar surface area (TPSA) is 84.5 Å². The SMILES string of the molecule is CC1(CC(=O)NC2CC(Oc3ccccc3)C2)CCS(=O)(=O)N1. The fourth-order valence-electron chi connectivity index (χ4n) is 3.07. The third-order valence-corrected chi connectivity index (χ3v) is 5.93. The Balaban J connectivity index is 1.41. The van der Waals surface area contributed by atoms with Crippen molar-refractivity contribution in [3.63, 3.8) is 0 Å². The highest BCUT2D eigenvalue weighted by Gasteiger charge is 2.40. The minimum absolute atomic E-state index is 0.0905. The highest BCUT2D eigenvalue weighted by Crippen LogP contribution is 2.27. The maximum atomic E-state index is 12.1. The average Bonchev–Trinajstić information content (AvgIpc) is 2.71. The fourth-order valence-corrected chi connectivity index (χ4v) is 4.81. The van der Waals surface area contributed by atoms with E-state index in [2.05, 4.69) is 10.0 Å². The number of sulfonamides is 1. The summed E-state index contributed by atoms with van der Waals surface area (Å²) in [7, 11) is -3.21. The molecule has 1 aromatic carbocycles. The molecule has 23 heavy (non-hydrogen) atoms. The average molecular weight is 338 g/mol. The van der Waals surface area contributed by atoms with E-state index in [-0.39, 0.29) is 30.2 Å². The van der Waals surface area contributed by atoms with Gasteiger partial charge in [0.1, 0.15) is 11.9 Å². The standard InChI is InChI=1S/C16H22N2O4S/c1-16(7-8-23(20,21)18-16)11-15(19)17-12-9-14(10-12)22-13-5-3-2-4-6-13/h2-6,12,14,18H,7-11H2,1H3,(H,17,19). The summed E-state index contributed by atoms with van der Waals surface area (Å²) in [5.41, 5.74) is -0.660. The first-order chi connectivity index (χ1) is 10.8. The van der Waals surface area contributed by atoms with Gasteiger partial charge >= 0.3 is 0 Å². The van der Waals surface area contributed by atoms with Crippen LogP contribution in [0.1, 0.15) is 32.6 Å². The van der Waals surface area contributed by atoms with Gasteiger partial charge < -0.3 is 10.1 Å². The Labute approximate surface area is 136 Å². The number of nitrogens with one attached hydrogen (secondary N) is 2. The van der Waals surface area contributed by atoms with Crippen molar-refractivity contribution in [2.24, 2.45) is 0 Å². The van der Waals surface area contributed by atoms with E-state index in [4.69, 9.17) is 4.74 Å². The van der Waals surface area contributed by atoms with Gasteiger partial charge in [-0.05, 0) is 25.5 Å². The van der Waals surface area contributed by atoms with Crippen LogP contribution in [-0.2, 0) is 14.8 Å². The Morgan fingerprint density at radius 3 is 2.65 bits per heavy atom. The number of carbonyl (C=O) groups excluding carboxylic acids is 1. The van der Waals surface area contributed by atoms with E-state index < -0.39 is 15.6 Å². The number of carbonyl (C=O) groups is 1. The maximum absolute atomic E-state index is 12.1. The van der Waals surface area contributed by atoms with Crippen molar-refractivity contribution in [3.05, 3.63) is 30.3 Å². The van der Waals surface area contributed by atoms with E-state index in [9.17, 15) is 13.2 Å². The molecular weight excluding hydrogens is 316 g/mol. The second-order valence-electron chi connectivity index (χ2n) is 6.70. The predicted molar refractivity (Wildman–Crippen MR) is 86.6 cm³/mol. The molecule has 6 nitrogen and oxygen atoms in total. The second-order valence-corrected chi connectivity index (χ2v) is 8.54. The smallest absolute Gasteiger partial charge is 0.222 e. The lowest BCUT2D eigenvalue weighted by atomic mass is 9.88. The number of hydrogen-bond acceptors (Lipinski definition) is 4. The van der Waals surface area contributed by atoms with Crippen LogP contribution in [0.5, 0.6) is 5.75 Å². The third-order valence-electron chi connectivity index (χ3n) is 4.38. The van der Waals surface area contributed by atoms with E-state index in [0.717, 1.165) is 18.6 Å². The van der Waals surface area contributed by atoms with Crippen LogP contribution < -0.4 is 14.8 Å². The van der Waals surface area contributed by atoms with Gasteiger partial charge in [0.05, 0.1) is 5.75 Å². The largest absolute Gasteiger partial charge is 0.490 e. The zero-order valence-corrected chi connectivity index (χ0v) is 13.9. The van der Waals surface area contributed by atoms with Crippen molar-refractivity contribution in [3.8, 4) is 5.75 Å². The molecule has 1 aliphatic heterocycles. The first-order valence-corrected chi connectivity index (χ1v) is 9.52. The molecule has 0 aromatic heterocycles. The molecule has 3 rings (SSSR count). The molecule has 2 fully saturated rings. The Morgan fingerprint density at radius 2 is 2.04 bits per heavy atom. The van der Waals surface area contributed by atoms with Crippen LogP contribution in [-0.4, -0.2) is 37.8 Å². The summed E-state index contributed by atoms with van der Waals surface area (Å²) in [6, 6.07) is 9.73. The van der Waals surface area contributed by atoms with Crippen molar-refractivity contribution in [2.45, 2.75) is 50.3 Å². The minimum atomic E-state index is -3.21. The van der Waals surface area contributed by atoms with Crippen LogP contribution in [0.3, 0.4) is 0 Å². The third kappa shape index (κ3) is 4.23. The van der Waals surface area contributed by atoms with E-state index >= 15 is 0 Å². The van der Waals surface area contributed by atoms with Crippen molar-refractivity contribution in [1.29, 1.82) is 0 Å². The first kappa shape index (κ1) is 16.3. The molecule has 0 spiro atoms. The van der Waals surface area contributed by atoms with Gasteiger partial charge in [0.2, 0.25) is 15.9 Å². The van der Waals surface area contributed by atoms with Crippen LogP contribution in [0.4, 0.5) is 0 Å². The van der Waals surface area contributed by atoms with Crippen LogP contribution in [0.2, 0.25) is 0 Å². The zero-order valence-electron chi connectivity index (χ0n) is 13.1. The molecule has 1 heterocycles. The molecule has 1 saturated heterocycles. The minimum Gasteiger partial charge on any atom is -0.490 e. The zero-order chi connectivity index (χ0) is 16.5. The highest BCUT2D eigenvalue weighted by atomic mass is 32.2. The number of amides is 1. The second kappa shape index (κ2) is 6.13. The summed E-state index contributed by atoms with van der Waals surface area (Å²) in [6.45, 7) is 1.78. The molecule has 1 saturated carbocycles. The summed E-state index contributed by atoms with van der Waals surface area (Å²) in [6.07, 6.45) is 2.33. The Morgan fingerprint density at radius 1 is 1.35 bits per heavy atom. The van der Waals surface area contributed by atoms with Crippen LogP contribution >= 0.6 is 0 Å². The van der Waals surface area contributed by atoms with Crippen molar-refractivity contribution >= 4 is 15.9 Å². The van der Waals surface area contributed by atoms with Crippen molar-refractivity contribution in [2.75, 3.05) is 5.75 Å². The normalized spacial score (nSPS) is 32.0. The molecule has 0 bridgehead atoms.